The molecule has 1 heterocycles. The second kappa shape index (κ2) is 4.08. The van der Waals surface area contributed by atoms with Crippen LogP contribution in [-0.2, 0) is 0 Å². The molecule has 0 aromatic heterocycles. The Morgan fingerprint density at radius 1 is 1.38 bits per heavy atom. The van der Waals surface area contributed by atoms with E-state index in [1.54, 1.807) is 4.90 Å². The fraction of sp³-hybridized carbons (Fsp3) is 0.333. The Labute approximate surface area is 101 Å². The molecule has 1 N–H and O–H groups in total. The minimum Gasteiger partial charge on any atom is -0.389 e. The summed E-state index contributed by atoms with van der Waals surface area (Å²) < 4.78 is 0. The van der Waals surface area contributed by atoms with Crippen molar-refractivity contribution in [3.8, 4) is 0 Å². The van der Waals surface area contributed by atoms with Crippen molar-refractivity contribution >= 4 is 34.6 Å². The van der Waals surface area contributed by atoms with Gasteiger partial charge < -0.3 is 10.0 Å². The molecular weight excluding hydrogens is 255 g/mol. The molecule has 0 radical (unpaired) electrons. The summed E-state index contributed by atoms with van der Waals surface area (Å²) in [4.78, 5) is 12.0. The van der Waals surface area contributed by atoms with Gasteiger partial charge in [0.05, 0.1) is 21.1 Å². The van der Waals surface area contributed by atoms with Gasteiger partial charge in [-0.1, -0.05) is 23.2 Å². The molecule has 0 atom stereocenters. The Balaban J connectivity index is 2.42. The molecule has 0 saturated carbocycles. The number of nitro groups is 1. The number of β-amino-alcohol motifs (C(OH)–C–C–N with tert-alkyl or cyclic N) is 1. The number of nitrogens with zero attached hydrogens (tertiary/aromatic N) is 2. The molecule has 1 aliphatic rings. The van der Waals surface area contributed by atoms with Gasteiger partial charge in [-0.25, -0.2) is 0 Å². The van der Waals surface area contributed by atoms with Crippen LogP contribution in [0.5, 0.6) is 0 Å². The van der Waals surface area contributed by atoms with Crippen LogP contribution in [-0.4, -0.2) is 29.2 Å². The van der Waals surface area contributed by atoms with E-state index in [1.165, 1.54) is 12.1 Å². The summed E-state index contributed by atoms with van der Waals surface area (Å²) in [7, 11) is 0. The second-order valence-electron chi connectivity index (χ2n) is 3.57. The minimum absolute atomic E-state index is 0.0960. The number of aliphatic hydroxyl groups excluding tert-OH is 1. The van der Waals surface area contributed by atoms with Crippen LogP contribution < -0.4 is 4.90 Å². The van der Waals surface area contributed by atoms with Gasteiger partial charge in [0.1, 0.15) is 5.69 Å². The van der Waals surface area contributed by atoms with Crippen LogP contribution in [0, 0.1) is 10.1 Å². The second-order valence-corrected chi connectivity index (χ2v) is 4.39. The molecule has 1 aromatic carbocycles. The van der Waals surface area contributed by atoms with Crippen LogP contribution in [0.15, 0.2) is 12.1 Å². The lowest BCUT2D eigenvalue weighted by Crippen LogP contribution is -2.51. The number of nitro benzene ring substituents is 1. The number of aliphatic hydroxyl groups is 1. The maximum Gasteiger partial charge on any atom is 0.294 e. The summed E-state index contributed by atoms with van der Waals surface area (Å²) in [5.41, 5.74) is 0.297. The lowest BCUT2D eigenvalue weighted by molar-refractivity contribution is -0.384. The molecule has 0 spiro atoms. The van der Waals surface area contributed by atoms with E-state index in [2.05, 4.69) is 0 Å². The van der Waals surface area contributed by atoms with Crippen LogP contribution in [0.2, 0.25) is 10.0 Å². The highest BCUT2D eigenvalue weighted by Crippen LogP contribution is 2.37. The van der Waals surface area contributed by atoms with Crippen LogP contribution >= 0.6 is 23.2 Å². The van der Waals surface area contributed by atoms with Crippen molar-refractivity contribution in [1.82, 2.24) is 0 Å². The SMILES string of the molecule is O=[N+]([O-])c1cc(Cl)c(Cl)cc1N1CC(O)C1. The van der Waals surface area contributed by atoms with Crippen LogP contribution in [0.4, 0.5) is 11.4 Å². The van der Waals surface area contributed by atoms with Gasteiger partial charge in [-0.2, -0.15) is 0 Å². The molecule has 0 amide bonds. The zero-order valence-corrected chi connectivity index (χ0v) is 9.57. The highest BCUT2D eigenvalue weighted by molar-refractivity contribution is 6.42. The van der Waals surface area contributed by atoms with Crippen molar-refractivity contribution in [2.24, 2.45) is 0 Å². The molecule has 1 aliphatic heterocycles. The van der Waals surface area contributed by atoms with Crippen molar-refractivity contribution in [3.05, 3.63) is 32.3 Å². The minimum atomic E-state index is -0.512. The van der Waals surface area contributed by atoms with E-state index < -0.39 is 11.0 Å². The third-order valence-electron chi connectivity index (χ3n) is 2.42. The van der Waals surface area contributed by atoms with Gasteiger partial charge in [-0.05, 0) is 6.07 Å². The molecule has 0 unspecified atom stereocenters. The lowest BCUT2D eigenvalue weighted by Gasteiger charge is -2.37. The average molecular weight is 263 g/mol. The molecule has 0 aliphatic carbocycles. The molecule has 1 saturated heterocycles. The first-order chi connectivity index (χ1) is 7.49. The predicted molar refractivity (Wildman–Crippen MR) is 61.3 cm³/mol. The molecule has 0 bridgehead atoms. The molecule has 16 heavy (non-hydrogen) atoms. The molecule has 5 nitrogen and oxygen atoms in total. The number of hydrogen-bond acceptors (Lipinski definition) is 4. The largest absolute Gasteiger partial charge is 0.389 e. The predicted octanol–water partition coefficient (Wildman–Crippen LogP) is 2.08. The van der Waals surface area contributed by atoms with E-state index in [9.17, 15) is 10.1 Å². The topological polar surface area (TPSA) is 66.6 Å². The normalized spacial score (nSPS) is 16.1. The molecular formula is C9H8Cl2N2O3. The van der Waals surface area contributed by atoms with Gasteiger partial charge in [0.15, 0.2) is 0 Å². The van der Waals surface area contributed by atoms with E-state index in [1.807, 2.05) is 0 Å². The van der Waals surface area contributed by atoms with E-state index >= 15 is 0 Å². The maximum atomic E-state index is 10.8. The Hall–Kier alpha value is -1.04. The molecule has 7 heteroatoms. The van der Waals surface area contributed by atoms with Gasteiger partial charge in [0.25, 0.3) is 5.69 Å². The van der Waals surface area contributed by atoms with E-state index in [0.717, 1.165) is 0 Å². The van der Waals surface area contributed by atoms with Crippen molar-refractivity contribution in [2.75, 3.05) is 18.0 Å². The van der Waals surface area contributed by atoms with Crippen molar-refractivity contribution in [1.29, 1.82) is 0 Å². The first-order valence-corrected chi connectivity index (χ1v) is 5.31. The van der Waals surface area contributed by atoms with Gasteiger partial charge in [0, 0.05) is 19.2 Å². The molecule has 2 rings (SSSR count). The highest BCUT2D eigenvalue weighted by atomic mass is 35.5. The Bertz CT molecular complexity index is 447. The molecule has 1 fully saturated rings. The Morgan fingerprint density at radius 3 is 2.44 bits per heavy atom. The van der Waals surface area contributed by atoms with Gasteiger partial charge >= 0.3 is 0 Å². The Morgan fingerprint density at radius 2 is 1.94 bits per heavy atom. The van der Waals surface area contributed by atoms with Crippen molar-refractivity contribution < 1.29 is 10.0 Å². The third-order valence-corrected chi connectivity index (χ3v) is 3.14. The van der Waals surface area contributed by atoms with Crippen LogP contribution in [0.25, 0.3) is 0 Å². The fourth-order valence-electron chi connectivity index (χ4n) is 1.58. The van der Waals surface area contributed by atoms with Crippen LogP contribution in [0.3, 0.4) is 0 Å². The maximum absolute atomic E-state index is 10.8. The van der Waals surface area contributed by atoms with E-state index in [-0.39, 0.29) is 15.7 Å². The molecule has 1 aromatic rings. The summed E-state index contributed by atoms with van der Waals surface area (Å²) in [6, 6.07) is 2.68. The smallest absolute Gasteiger partial charge is 0.294 e. The summed E-state index contributed by atoms with van der Waals surface area (Å²) in [5, 5.41) is 20.4. The zero-order valence-electron chi connectivity index (χ0n) is 8.06. The van der Waals surface area contributed by atoms with Crippen LogP contribution in [0.1, 0.15) is 0 Å². The first-order valence-electron chi connectivity index (χ1n) is 4.55. The third kappa shape index (κ3) is 1.93. The number of benzene rings is 1. The highest BCUT2D eigenvalue weighted by Gasteiger charge is 2.30. The summed E-state index contributed by atoms with van der Waals surface area (Å²) in [6.07, 6.45) is -0.436. The number of anilines is 1. The van der Waals surface area contributed by atoms with Crippen molar-refractivity contribution in [3.63, 3.8) is 0 Å². The number of halogens is 2. The van der Waals surface area contributed by atoms with Gasteiger partial charge in [0.2, 0.25) is 0 Å². The average Bonchev–Trinajstić information content (AvgIpc) is 2.16. The summed E-state index contributed by atoms with van der Waals surface area (Å²) in [5.74, 6) is 0. The fourth-order valence-corrected chi connectivity index (χ4v) is 1.89. The lowest BCUT2D eigenvalue weighted by atomic mass is 10.1. The monoisotopic (exact) mass is 262 g/mol. The quantitative estimate of drug-likeness (QED) is 0.655. The van der Waals surface area contributed by atoms with Gasteiger partial charge in [-0.3, -0.25) is 10.1 Å². The Kier molecular flexibility index (Phi) is 2.92. The zero-order chi connectivity index (χ0) is 11.9. The molecule has 86 valence electrons. The standard InChI is InChI=1S/C9H8Cl2N2O3/c10-6-1-8(12-3-5(14)4-12)9(13(15)16)2-7(6)11/h1-2,5,14H,3-4H2. The van der Waals surface area contributed by atoms with Gasteiger partial charge in [-0.15, -0.1) is 0 Å². The summed E-state index contributed by atoms with van der Waals surface area (Å²) in [6.45, 7) is 0.748. The number of hydrogen-bond donors (Lipinski definition) is 1. The summed E-state index contributed by atoms with van der Waals surface area (Å²) >= 11 is 11.5. The first kappa shape index (κ1) is 11.4. The van der Waals surface area contributed by atoms with E-state index in [0.29, 0.717) is 18.8 Å². The number of rotatable bonds is 2. The van der Waals surface area contributed by atoms with Crippen molar-refractivity contribution in [2.45, 2.75) is 6.10 Å². The van der Waals surface area contributed by atoms with E-state index in [4.69, 9.17) is 28.3 Å².